The molecule has 0 aromatic heterocycles. The third-order valence-corrected chi connectivity index (χ3v) is 8.46. The van der Waals surface area contributed by atoms with Crippen molar-refractivity contribution in [3.8, 4) is 11.5 Å². The summed E-state index contributed by atoms with van der Waals surface area (Å²) in [5, 5.41) is 7.50. The molecule has 0 N–H and O–H groups in total. The van der Waals surface area contributed by atoms with Crippen molar-refractivity contribution < 1.29 is 151 Å². The van der Waals surface area contributed by atoms with E-state index in [2.05, 4.69) is 9.47 Å². The van der Waals surface area contributed by atoms with Gasteiger partial charge in [0.1, 0.15) is 11.5 Å². The van der Waals surface area contributed by atoms with Crippen LogP contribution in [0.15, 0.2) is 78.9 Å². The van der Waals surface area contributed by atoms with Crippen molar-refractivity contribution in [2.24, 2.45) is 0 Å². The zero-order valence-corrected chi connectivity index (χ0v) is 38.6. The first kappa shape index (κ1) is 65.7. The molecule has 0 spiro atoms. The van der Waals surface area contributed by atoms with Crippen LogP contribution in [-0.4, -0.2) is 40.0 Å². The molecule has 1 heterocycles. The molecular weight excluding hydrogens is 1050 g/mol. The molecule has 4 aromatic rings. The Labute approximate surface area is 409 Å². The molecule has 0 radical (unpaired) electrons. The average molecular weight is 1080 g/mol. The number of methoxy groups -OCH3 is 1. The standard InChI is InChI=1S/C19H13F9O3.C9H6F6O.C8H3ClF6.C4H8O.CH3O.Na/c1-2-30-16(29)15(10-4-3-5-11(8-10)17(20,21)22)31-14-7-6-12(18(23,24)25)9-13(14)19(26,27)28;1-16-7-3-2-5(8(10,11)12)4-6(7)9(13,14)15;9-6-2-1-4(7(10,11)12)3-5(6)8(13,14)15;1-2-4-5-3-1;1-2;/h3-9,15H,2H2,1H3;2-4H,1H3;1-3H;1-4H2;1H3;/q;;;;-1;+1. The molecule has 1 unspecified atom stereocenters. The van der Waals surface area contributed by atoms with E-state index in [1.165, 1.54) is 19.8 Å². The maximum absolute atomic E-state index is 13.3. The second kappa shape index (κ2) is 26.9. The van der Waals surface area contributed by atoms with E-state index >= 15 is 0 Å². The predicted octanol–water partition coefficient (Wildman–Crippen LogP) is 11.3. The van der Waals surface area contributed by atoms with Gasteiger partial charge in [-0.1, -0.05) is 23.7 Å². The minimum absolute atomic E-state index is 0. The molecule has 388 valence electrons. The summed E-state index contributed by atoms with van der Waals surface area (Å²) in [4.78, 5) is 12.2. The van der Waals surface area contributed by atoms with Crippen molar-refractivity contribution in [2.75, 3.05) is 34.0 Å². The van der Waals surface area contributed by atoms with E-state index in [1.807, 2.05) is 0 Å². The maximum atomic E-state index is 13.3. The minimum atomic E-state index is -5.32. The van der Waals surface area contributed by atoms with Crippen molar-refractivity contribution in [3.05, 3.63) is 128 Å². The molecule has 6 nitrogen and oxygen atoms in total. The molecule has 1 aliphatic heterocycles. The molecule has 0 bridgehead atoms. The van der Waals surface area contributed by atoms with Gasteiger partial charge in [0.15, 0.2) is 0 Å². The fraction of sp³-hybridized carbons (Fsp3) is 0.390. The summed E-state index contributed by atoms with van der Waals surface area (Å²) in [5.41, 5.74) is -10.9. The Balaban J connectivity index is 0.00000102. The first-order chi connectivity index (χ1) is 31.4. The van der Waals surface area contributed by atoms with Gasteiger partial charge in [0.25, 0.3) is 0 Å². The van der Waals surface area contributed by atoms with Gasteiger partial charge in [-0.25, -0.2) is 4.79 Å². The van der Waals surface area contributed by atoms with Crippen LogP contribution in [0.1, 0.15) is 70.4 Å². The summed E-state index contributed by atoms with van der Waals surface area (Å²) in [6.07, 6.45) is -34.2. The Hall–Kier alpha value is -4.31. The van der Waals surface area contributed by atoms with Gasteiger partial charge in [-0.3, -0.25) is 0 Å². The zero-order valence-electron chi connectivity index (χ0n) is 35.9. The largest absolute Gasteiger partial charge is 1.00 e. The van der Waals surface area contributed by atoms with Crippen LogP contribution in [-0.2, 0) is 57.5 Å². The van der Waals surface area contributed by atoms with E-state index in [0.717, 1.165) is 39.6 Å². The van der Waals surface area contributed by atoms with Crippen molar-refractivity contribution in [1.29, 1.82) is 0 Å². The molecule has 0 aliphatic carbocycles. The number of carbonyl (C=O) groups is 1. The summed E-state index contributed by atoms with van der Waals surface area (Å²) in [7, 11) is 1.71. The maximum Gasteiger partial charge on any atom is 1.00 e. The Kier molecular flexibility index (Phi) is 25.3. The monoisotopic (exact) mass is 1080 g/mol. The first-order valence-corrected chi connectivity index (χ1v) is 18.8. The van der Waals surface area contributed by atoms with Crippen molar-refractivity contribution in [1.82, 2.24) is 0 Å². The van der Waals surface area contributed by atoms with E-state index in [0.29, 0.717) is 48.5 Å². The number of benzene rings is 4. The second-order valence-corrected chi connectivity index (χ2v) is 13.4. The average Bonchev–Trinajstić information content (AvgIpc) is 3.82. The van der Waals surface area contributed by atoms with Crippen LogP contribution in [0, 0.1) is 0 Å². The fourth-order valence-electron chi connectivity index (χ4n) is 5.04. The number of hydrogen-bond donors (Lipinski definition) is 0. The number of esters is 1. The van der Waals surface area contributed by atoms with Crippen LogP contribution >= 0.6 is 11.6 Å². The summed E-state index contributed by atoms with van der Waals surface area (Å²) in [6.45, 7) is 3.05. The quantitative estimate of drug-likeness (QED) is 0.109. The Morgan fingerprint density at radius 2 is 0.929 bits per heavy atom. The molecule has 1 aliphatic rings. The van der Waals surface area contributed by atoms with Gasteiger partial charge in [-0.05, 0) is 86.5 Å². The van der Waals surface area contributed by atoms with Gasteiger partial charge < -0.3 is 24.1 Å². The number of hydrogen-bond acceptors (Lipinski definition) is 6. The molecule has 0 amide bonds. The predicted molar refractivity (Wildman–Crippen MR) is 198 cm³/mol. The third-order valence-electron chi connectivity index (χ3n) is 8.13. The molecule has 4 aromatic carbocycles. The molecule has 1 saturated heterocycles. The summed E-state index contributed by atoms with van der Waals surface area (Å²) < 4.78 is 283. The SMILES string of the molecule is C1CCOC1.CCOC(=O)C(Oc1ccc(C(F)(F)F)cc1C(F)(F)F)c1cccc(C(F)(F)F)c1.COc1ccc(C(F)(F)F)cc1C(F)(F)F.C[O-].FC(F)(F)c1ccc(Cl)c(C(F)(F)F)c1.[Na+]. The van der Waals surface area contributed by atoms with Crippen LogP contribution in [0.3, 0.4) is 0 Å². The van der Waals surface area contributed by atoms with Crippen LogP contribution < -0.4 is 44.1 Å². The van der Waals surface area contributed by atoms with Gasteiger partial charge in [0.05, 0.1) is 57.7 Å². The fourth-order valence-corrected chi connectivity index (χ4v) is 5.27. The number of halogens is 22. The van der Waals surface area contributed by atoms with Crippen LogP contribution in [0.25, 0.3) is 0 Å². The van der Waals surface area contributed by atoms with E-state index in [4.69, 9.17) is 26.2 Å². The Bertz CT molecular complexity index is 2220. The van der Waals surface area contributed by atoms with E-state index in [9.17, 15) is 97.0 Å². The van der Waals surface area contributed by atoms with Crippen LogP contribution in [0.4, 0.5) is 92.2 Å². The molecule has 70 heavy (non-hydrogen) atoms. The summed E-state index contributed by atoms with van der Waals surface area (Å²) in [5.74, 6) is -3.15. The third kappa shape index (κ3) is 21.2. The van der Waals surface area contributed by atoms with Gasteiger partial charge in [-0.2, -0.15) is 99.3 Å². The smallest absolute Gasteiger partial charge is 0.857 e. The van der Waals surface area contributed by atoms with Gasteiger partial charge in [0, 0.05) is 18.8 Å². The topological polar surface area (TPSA) is 77.1 Å². The summed E-state index contributed by atoms with van der Waals surface area (Å²) in [6, 6.07) is 5.68. The van der Waals surface area contributed by atoms with E-state index < -0.39 is 116 Å². The van der Waals surface area contributed by atoms with Crippen molar-refractivity contribution >= 4 is 17.6 Å². The Morgan fingerprint density at radius 3 is 1.29 bits per heavy atom. The normalized spacial score (nSPS) is 13.5. The first-order valence-electron chi connectivity index (χ1n) is 18.5. The van der Waals surface area contributed by atoms with Crippen molar-refractivity contribution in [3.63, 3.8) is 0 Å². The summed E-state index contributed by atoms with van der Waals surface area (Å²) >= 11 is 5.14. The zero-order chi connectivity index (χ0) is 53.6. The van der Waals surface area contributed by atoms with Crippen LogP contribution in [0.5, 0.6) is 11.5 Å². The molecule has 0 saturated carbocycles. The van der Waals surface area contributed by atoms with Gasteiger partial charge in [-0.15, -0.1) is 0 Å². The molecule has 29 heteroatoms. The minimum Gasteiger partial charge on any atom is -0.857 e. The van der Waals surface area contributed by atoms with Crippen LogP contribution in [0.2, 0.25) is 5.02 Å². The number of rotatable bonds is 6. The second-order valence-electron chi connectivity index (χ2n) is 13.0. The van der Waals surface area contributed by atoms with Crippen molar-refractivity contribution in [2.45, 2.75) is 69.1 Å². The van der Waals surface area contributed by atoms with E-state index in [1.54, 1.807) is 0 Å². The Morgan fingerprint density at radius 1 is 0.557 bits per heavy atom. The number of carbonyl (C=O) groups excluding carboxylic acids is 1. The van der Waals surface area contributed by atoms with Gasteiger partial charge >= 0.3 is 78.8 Å². The van der Waals surface area contributed by atoms with E-state index in [-0.39, 0.29) is 54.4 Å². The molecule has 1 fully saturated rings. The number of alkyl halides is 21. The molecule has 5 rings (SSSR count). The molecule has 1 atom stereocenters. The number of ether oxygens (including phenoxy) is 4. The van der Waals surface area contributed by atoms with Gasteiger partial charge in [0.2, 0.25) is 6.10 Å². The molecular formula is C41H33ClF21NaO6.